The Labute approximate surface area is 174 Å². The molecule has 2 aromatic carbocycles. The van der Waals surface area contributed by atoms with Crippen LogP contribution in [0.3, 0.4) is 0 Å². The number of rotatable bonds is 7. The van der Waals surface area contributed by atoms with E-state index in [1.54, 1.807) is 0 Å². The van der Waals surface area contributed by atoms with E-state index in [9.17, 15) is 4.79 Å². The Morgan fingerprint density at radius 2 is 1.66 bits per heavy atom. The third kappa shape index (κ3) is 5.97. The first-order valence-corrected chi connectivity index (χ1v) is 10.5. The molecular formula is C24H33N3O2. The Morgan fingerprint density at radius 1 is 1.03 bits per heavy atom. The molecule has 0 saturated carbocycles. The lowest BCUT2D eigenvalue weighted by molar-refractivity contribution is -0.128. The number of aryl methyl sites for hydroxylation is 2. The number of anilines is 1. The summed E-state index contributed by atoms with van der Waals surface area (Å²) < 4.78 is 5.96. The smallest absolute Gasteiger partial charge is 0.261 e. The normalized spacial score (nSPS) is 15.8. The molecule has 1 fully saturated rings. The van der Waals surface area contributed by atoms with E-state index in [-0.39, 0.29) is 5.91 Å². The van der Waals surface area contributed by atoms with Gasteiger partial charge in [-0.1, -0.05) is 25.1 Å². The Morgan fingerprint density at radius 3 is 2.24 bits per heavy atom. The third-order valence-electron chi connectivity index (χ3n) is 5.41. The molecule has 5 heteroatoms. The molecular weight excluding hydrogens is 362 g/mol. The minimum Gasteiger partial charge on any atom is -0.481 e. The summed E-state index contributed by atoms with van der Waals surface area (Å²) in [6.45, 7) is 10.8. The number of carbonyl (C=O) groups excluding carboxylic acids is 1. The van der Waals surface area contributed by atoms with Crippen molar-refractivity contribution in [2.45, 2.75) is 39.8 Å². The minimum atomic E-state index is -0.485. The molecule has 1 N–H and O–H groups in total. The van der Waals surface area contributed by atoms with Gasteiger partial charge in [-0.2, -0.15) is 0 Å². The SMILES string of the molecule is CCC(Oc1cc(C)cc(C)c1)C(=O)NCc1ccc(N2CCN(C)CC2)cc1. The fraction of sp³-hybridized carbons (Fsp3) is 0.458. The number of nitrogens with zero attached hydrogens (tertiary/aromatic N) is 2. The van der Waals surface area contributed by atoms with Crippen molar-refractivity contribution in [3.63, 3.8) is 0 Å². The summed E-state index contributed by atoms with van der Waals surface area (Å²) in [6, 6.07) is 14.5. The second-order valence-corrected chi connectivity index (χ2v) is 8.01. The van der Waals surface area contributed by atoms with Crippen molar-refractivity contribution in [3.8, 4) is 5.75 Å². The average Bonchev–Trinajstić information content (AvgIpc) is 2.70. The van der Waals surface area contributed by atoms with Crippen molar-refractivity contribution in [3.05, 3.63) is 59.2 Å². The number of hydrogen-bond donors (Lipinski definition) is 1. The summed E-state index contributed by atoms with van der Waals surface area (Å²) in [5.74, 6) is 0.677. The maximum atomic E-state index is 12.6. The zero-order valence-electron chi connectivity index (χ0n) is 18.1. The number of benzene rings is 2. The predicted molar refractivity (Wildman–Crippen MR) is 119 cm³/mol. The molecule has 5 nitrogen and oxygen atoms in total. The van der Waals surface area contributed by atoms with Gasteiger partial charge in [0.25, 0.3) is 5.91 Å². The molecule has 29 heavy (non-hydrogen) atoms. The van der Waals surface area contributed by atoms with Crippen LogP contribution in [0.4, 0.5) is 5.69 Å². The molecule has 0 aromatic heterocycles. The first kappa shape index (κ1) is 21.2. The Kier molecular flexibility index (Phi) is 7.15. The highest BCUT2D eigenvalue weighted by atomic mass is 16.5. The average molecular weight is 396 g/mol. The van der Waals surface area contributed by atoms with Gasteiger partial charge in [-0.25, -0.2) is 0 Å². The second kappa shape index (κ2) is 9.79. The first-order valence-electron chi connectivity index (χ1n) is 10.5. The fourth-order valence-electron chi connectivity index (χ4n) is 3.68. The lowest BCUT2D eigenvalue weighted by Crippen LogP contribution is -2.44. The molecule has 156 valence electrons. The van der Waals surface area contributed by atoms with Crippen LogP contribution in [0, 0.1) is 13.8 Å². The number of carbonyl (C=O) groups is 1. The Balaban J connectivity index is 1.53. The van der Waals surface area contributed by atoms with Crippen LogP contribution in [-0.2, 0) is 11.3 Å². The highest BCUT2D eigenvalue weighted by Gasteiger charge is 2.18. The van der Waals surface area contributed by atoms with Gasteiger partial charge in [0, 0.05) is 38.4 Å². The van der Waals surface area contributed by atoms with E-state index in [4.69, 9.17) is 4.74 Å². The number of likely N-dealkylation sites (N-methyl/N-ethyl adjacent to an activating group) is 1. The van der Waals surface area contributed by atoms with E-state index in [1.165, 1.54) is 5.69 Å². The highest BCUT2D eigenvalue weighted by molar-refractivity contribution is 5.81. The number of piperazine rings is 1. The molecule has 1 saturated heterocycles. The molecule has 1 heterocycles. The molecule has 1 atom stereocenters. The maximum absolute atomic E-state index is 12.6. The van der Waals surface area contributed by atoms with Crippen LogP contribution in [0.25, 0.3) is 0 Å². The summed E-state index contributed by atoms with van der Waals surface area (Å²) in [4.78, 5) is 17.4. The molecule has 0 spiro atoms. The van der Waals surface area contributed by atoms with Crippen molar-refractivity contribution in [1.82, 2.24) is 10.2 Å². The summed E-state index contributed by atoms with van der Waals surface area (Å²) in [7, 11) is 2.16. The minimum absolute atomic E-state index is 0.0743. The van der Waals surface area contributed by atoms with Gasteiger partial charge in [0.15, 0.2) is 6.10 Å². The molecule has 1 aliphatic heterocycles. The summed E-state index contributed by atoms with van der Waals surface area (Å²) in [5.41, 5.74) is 4.61. The van der Waals surface area contributed by atoms with E-state index >= 15 is 0 Å². The van der Waals surface area contributed by atoms with Gasteiger partial charge < -0.3 is 19.9 Å². The Hall–Kier alpha value is -2.53. The maximum Gasteiger partial charge on any atom is 0.261 e. The number of amides is 1. The van der Waals surface area contributed by atoms with Crippen LogP contribution >= 0.6 is 0 Å². The fourth-order valence-corrected chi connectivity index (χ4v) is 3.68. The van der Waals surface area contributed by atoms with Gasteiger partial charge in [0.05, 0.1) is 0 Å². The van der Waals surface area contributed by atoms with Gasteiger partial charge in [0.2, 0.25) is 0 Å². The lowest BCUT2D eigenvalue weighted by atomic mass is 10.1. The van der Waals surface area contributed by atoms with E-state index in [0.717, 1.165) is 48.6 Å². The summed E-state index contributed by atoms with van der Waals surface area (Å²) >= 11 is 0. The van der Waals surface area contributed by atoms with Gasteiger partial charge in [0.1, 0.15) is 5.75 Å². The number of hydrogen-bond acceptors (Lipinski definition) is 4. The summed E-state index contributed by atoms with van der Waals surface area (Å²) in [6.07, 6.45) is 0.141. The third-order valence-corrected chi connectivity index (χ3v) is 5.41. The second-order valence-electron chi connectivity index (χ2n) is 8.01. The van der Waals surface area contributed by atoms with Crippen molar-refractivity contribution in [1.29, 1.82) is 0 Å². The van der Waals surface area contributed by atoms with Crippen LogP contribution in [0.2, 0.25) is 0 Å². The van der Waals surface area contributed by atoms with Crippen molar-refractivity contribution < 1.29 is 9.53 Å². The highest BCUT2D eigenvalue weighted by Crippen LogP contribution is 2.19. The lowest BCUT2D eigenvalue weighted by Gasteiger charge is -2.34. The van der Waals surface area contributed by atoms with E-state index < -0.39 is 6.10 Å². The van der Waals surface area contributed by atoms with E-state index in [1.807, 2.05) is 32.9 Å². The van der Waals surface area contributed by atoms with Crippen molar-refractivity contribution in [2.75, 3.05) is 38.1 Å². The molecule has 1 aliphatic rings. The topological polar surface area (TPSA) is 44.8 Å². The van der Waals surface area contributed by atoms with Crippen LogP contribution < -0.4 is 15.0 Å². The van der Waals surface area contributed by atoms with Gasteiger partial charge in [-0.05, 0) is 68.3 Å². The van der Waals surface area contributed by atoms with Crippen molar-refractivity contribution >= 4 is 11.6 Å². The van der Waals surface area contributed by atoms with Crippen LogP contribution in [-0.4, -0.2) is 50.1 Å². The summed E-state index contributed by atoms with van der Waals surface area (Å²) in [5, 5.41) is 3.02. The van der Waals surface area contributed by atoms with Gasteiger partial charge in [-0.3, -0.25) is 4.79 Å². The molecule has 0 aliphatic carbocycles. The van der Waals surface area contributed by atoms with Crippen molar-refractivity contribution in [2.24, 2.45) is 0 Å². The predicted octanol–water partition coefficient (Wildman–Crippen LogP) is 3.53. The standard InChI is InChI=1S/C24H33N3O2/c1-5-23(29-22-15-18(2)14-19(3)16-22)24(28)25-17-20-6-8-21(9-7-20)27-12-10-26(4)11-13-27/h6-9,14-16,23H,5,10-13,17H2,1-4H3,(H,25,28). The molecule has 1 amide bonds. The molecule has 3 rings (SSSR count). The molecule has 0 radical (unpaired) electrons. The zero-order valence-corrected chi connectivity index (χ0v) is 18.1. The van der Waals surface area contributed by atoms with Crippen LogP contribution in [0.1, 0.15) is 30.0 Å². The van der Waals surface area contributed by atoms with Crippen LogP contribution in [0.15, 0.2) is 42.5 Å². The first-order chi connectivity index (χ1) is 13.9. The van der Waals surface area contributed by atoms with E-state index in [2.05, 4.69) is 52.5 Å². The quantitative estimate of drug-likeness (QED) is 0.779. The monoisotopic (exact) mass is 395 g/mol. The number of ether oxygens (including phenoxy) is 1. The van der Waals surface area contributed by atoms with Gasteiger partial charge >= 0.3 is 0 Å². The molecule has 0 bridgehead atoms. The largest absolute Gasteiger partial charge is 0.481 e. The number of nitrogens with one attached hydrogen (secondary N) is 1. The Bertz CT molecular complexity index is 791. The molecule has 1 unspecified atom stereocenters. The van der Waals surface area contributed by atoms with Crippen LogP contribution in [0.5, 0.6) is 5.75 Å². The molecule has 2 aromatic rings. The van der Waals surface area contributed by atoms with Gasteiger partial charge in [-0.15, -0.1) is 0 Å². The van der Waals surface area contributed by atoms with E-state index in [0.29, 0.717) is 13.0 Å². The zero-order chi connectivity index (χ0) is 20.8.